The molecule has 0 aromatic rings. The van der Waals surface area contributed by atoms with Crippen LogP contribution < -0.4 is 5.84 Å². The van der Waals surface area contributed by atoms with Crippen LogP contribution in [0, 0.1) is 0 Å². The Morgan fingerprint density at radius 1 is 1.60 bits per heavy atom. The van der Waals surface area contributed by atoms with Crippen molar-refractivity contribution in [2.75, 3.05) is 13.1 Å². The van der Waals surface area contributed by atoms with Gasteiger partial charge in [-0.3, -0.25) is 5.84 Å². The van der Waals surface area contributed by atoms with Crippen LogP contribution in [0.1, 0.15) is 13.3 Å². The van der Waals surface area contributed by atoms with E-state index in [2.05, 4.69) is 0 Å². The summed E-state index contributed by atoms with van der Waals surface area (Å²) in [6.07, 6.45) is 1.04. The average Bonchev–Trinajstić information content (AvgIpc) is 1.87. The Morgan fingerprint density at radius 3 is 2.60 bits per heavy atom. The van der Waals surface area contributed by atoms with E-state index in [-0.39, 0.29) is 0 Å². The zero-order valence-electron chi connectivity index (χ0n) is 6.88. The minimum atomic E-state index is -1.32. The number of hydrogen-bond acceptors (Lipinski definition) is 3. The minimum absolute atomic E-state index is 0.890. The van der Waals surface area contributed by atoms with Crippen LogP contribution in [0.5, 0.6) is 0 Å². The predicted molar refractivity (Wildman–Crippen MR) is 46.1 cm³/mol. The Bertz CT molecular complexity index is 80.1. The van der Waals surface area contributed by atoms with Crippen molar-refractivity contribution in [1.82, 2.24) is 5.01 Å². The van der Waals surface area contributed by atoms with Crippen LogP contribution in [0.15, 0.2) is 0 Å². The lowest BCUT2D eigenvalue weighted by atomic mass is 10.4. The zero-order valence-corrected chi connectivity index (χ0v) is 8.03. The molecule has 4 heteroatoms. The van der Waals surface area contributed by atoms with Crippen molar-refractivity contribution in [3.8, 4) is 0 Å². The summed E-state index contributed by atoms with van der Waals surface area (Å²) >= 11 is 0. The second kappa shape index (κ2) is 5.85. The molecule has 1 atom stereocenters. The van der Waals surface area contributed by atoms with Gasteiger partial charge in [0.1, 0.15) is 0 Å². The molecule has 0 heterocycles. The highest BCUT2D eigenvalue weighted by Gasteiger charge is 1.99. The molecule has 0 bridgehead atoms. The van der Waals surface area contributed by atoms with E-state index in [1.54, 1.807) is 5.01 Å². The van der Waals surface area contributed by atoms with Gasteiger partial charge in [0.15, 0.2) is 9.04 Å². The van der Waals surface area contributed by atoms with Crippen LogP contribution in [0.3, 0.4) is 0 Å². The van der Waals surface area contributed by atoms with Crippen LogP contribution in [-0.4, -0.2) is 31.9 Å². The van der Waals surface area contributed by atoms with Crippen LogP contribution in [-0.2, 0) is 0 Å². The van der Waals surface area contributed by atoms with Gasteiger partial charge in [-0.25, -0.2) is 5.01 Å². The summed E-state index contributed by atoms with van der Waals surface area (Å²) in [5.41, 5.74) is 0. The van der Waals surface area contributed by atoms with Gasteiger partial charge >= 0.3 is 0 Å². The van der Waals surface area contributed by atoms with Crippen LogP contribution in [0.2, 0.25) is 12.6 Å². The van der Waals surface area contributed by atoms with Gasteiger partial charge in [0.05, 0.1) is 0 Å². The monoisotopic (exact) mass is 162 g/mol. The van der Waals surface area contributed by atoms with E-state index in [0.29, 0.717) is 0 Å². The lowest BCUT2D eigenvalue weighted by Crippen LogP contribution is -2.31. The summed E-state index contributed by atoms with van der Waals surface area (Å²) in [4.78, 5) is 9.02. The summed E-state index contributed by atoms with van der Waals surface area (Å²) in [7, 11) is -1.32. The molecule has 0 aromatic heterocycles. The maximum absolute atomic E-state index is 9.02. The predicted octanol–water partition coefficient (Wildman–Crippen LogP) is -0.0820. The first-order valence-corrected chi connectivity index (χ1v) is 6.33. The SMILES string of the molecule is CCN(N)CCC[SiH](C)O. The maximum atomic E-state index is 9.02. The Balaban J connectivity index is 3.03. The molecule has 0 saturated carbocycles. The van der Waals surface area contributed by atoms with Gasteiger partial charge in [-0.15, -0.1) is 0 Å². The molecule has 10 heavy (non-hydrogen) atoms. The van der Waals surface area contributed by atoms with E-state index in [1.165, 1.54) is 0 Å². The highest BCUT2D eigenvalue weighted by Crippen LogP contribution is 1.94. The van der Waals surface area contributed by atoms with E-state index in [9.17, 15) is 0 Å². The van der Waals surface area contributed by atoms with Crippen molar-refractivity contribution in [1.29, 1.82) is 0 Å². The molecular formula is C6H18N2OSi. The smallest absolute Gasteiger partial charge is 0.169 e. The molecular weight excluding hydrogens is 144 g/mol. The van der Waals surface area contributed by atoms with Crippen molar-refractivity contribution in [3.63, 3.8) is 0 Å². The summed E-state index contributed by atoms with van der Waals surface area (Å²) in [6.45, 7) is 5.77. The molecule has 0 radical (unpaired) electrons. The van der Waals surface area contributed by atoms with Crippen molar-refractivity contribution in [3.05, 3.63) is 0 Å². The highest BCUT2D eigenvalue weighted by molar-refractivity contribution is 6.48. The lowest BCUT2D eigenvalue weighted by molar-refractivity contribution is 0.298. The van der Waals surface area contributed by atoms with E-state index in [4.69, 9.17) is 10.6 Å². The highest BCUT2D eigenvalue weighted by atomic mass is 28.3. The third kappa shape index (κ3) is 6.22. The normalized spacial score (nSPS) is 14.1. The minimum Gasteiger partial charge on any atom is -0.435 e. The van der Waals surface area contributed by atoms with Gasteiger partial charge < -0.3 is 4.80 Å². The molecule has 0 aliphatic heterocycles. The number of hydrogen-bond donors (Lipinski definition) is 2. The summed E-state index contributed by atoms with van der Waals surface area (Å²) in [6, 6.07) is 0.980. The first kappa shape index (κ1) is 10.1. The first-order valence-electron chi connectivity index (χ1n) is 3.84. The van der Waals surface area contributed by atoms with Crippen molar-refractivity contribution < 1.29 is 4.80 Å². The van der Waals surface area contributed by atoms with E-state index in [0.717, 1.165) is 25.6 Å². The van der Waals surface area contributed by atoms with Crippen LogP contribution >= 0.6 is 0 Å². The fourth-order valence-corrected chi connectivity index (χ4v) is 1.52. The molecule has 0 aliphatic carbocycles. The van der Waals surface area contributed by atoms with Crippen molar-refractivity contribution in [2.45, 2.75) is 25.9 Å². The maximum Gasteiger partial charge on any atom is 0.169 e. The molecule has 62 valence electrons. The molecule has 0 fully saturated rings. The molecule has 0 amide bonds. The molecule has 0 spiro atoms. The van der Waals surface area contributed by atoms with Crippen molar-refractivity contribution >= 4 is 9.04 Å². The van der Waals surface area contributed by atoms with Gasteiger partial charge in [-0.05, 0) is 19.0 Å². The van der Waals surface area contributed by atoms with E-state index >= 15 is 0 Å². The molecule has 3 N–H and O–H groups in total. The summed E-state index contributed by atoms with van der Waals surface area (Å²) in [5, 5.41) is 1.77. The van der Waals surface area contributed by atoms with Gasteiger partial charge in [-0.2, -0.15) is 0 Å². The number of nitrogens with two attached hydrogens (primary N) is 1. The average molecular weight is 162 g/mol. The quantitative estimate of drug-likeness (QED) is 0.338. The largest absolute Gasteiger partial charge is 0.435 e. The van der Waals surface area contributed by atoms with Crippen molar-refractivity contribution in [2.24, 2.45) is 5.84 Å². The van der Waals surface area contributed by atoms with Crippen LogP contribution in [0.4, 0.5) is 0 Å². The Hall–Kier alpha value is 0.0969. The number of rotatable bonds is 5. The Morgan fingerprint density at radius 2 is 2.20 bits per heavy atom. The molecule has 3 nitrogen and oxygen atoms in total. The Kier molecular flexibility index (Phi) is 5.91. The topological polar surface area (TPSA) is 49.5 Å². The molecule has 0 saturated heterocycles. The molecule has 0 rings (SSSR count). The second-order valence-electron chi connectivity index (χ2n) is 2.62. The number of hydrazine groups is 1. The first-order chi connectivity index (χ1) is 4.66. The third-order valence-electron chi connectivity index (χ3n) is 1.47. The second-order valence-corrected chi connectivity index (χ2v) is 4.90. The van der Waals surface area contributed by atoms with Crippen LogP contribution in [0.25, 0.3) is 0 Å². The van der Waals surface area contributed by atoms with E-state index < -0.39 is 9.04 Å². The molecule has 1 unspecified atom stereocenters. The van der Waals surface area contributed by atoms with Gasteiger partial charge in [0, 0.05) is 13.1 Å². The van der Waals surface area contributed by atoms with Gasteiger partial charge in [-0.1, -0.05) is 6.92 Å². The summed E-state index contributed by atoms with van der Waals surface area (Å²) in [5.74, 6) is 5.53. The third-order valence-corrected chi connectivity index (χ3v) is 2.72. The number of nitrogens with zero attached hydrogens (tertiary/aromatic N) is 1. The lowest BCUT2D eigenvalue weighted by Gasteiger charge is -2.12. The Labute approximate surface area is 64.5 Å². The van der Waals surface area contributed by atoms with Gasteiger partial charge in [0.2, 0.25) is 0 Å². The fraction of sp³-hybridized carbons (Fsp3) is 1.00. The van der Waals surface area contributed by atoms with E-state index in [1.807, 2.05) is 13.5 Å². The fourth-order valence-electron chi connectivity index (χ4n) is 0.748. The standard InChI is InChI=1S/C6H18N2OSi/c1-3-8(7)5-4-6-10(2)9/h9-10H,3-7H2,1-2H3. The van der Waals surface area contributed by atoms with Gasteiger partial charge in [0.25, 0.3) is 0 Å². The summed E-state index contributed by atoms with van der Waals surface area (Å²) < 4.78 is 0. The molecule has 0 aromatic carbocycles. The zero-order chi connectivity index (χ0) is 7.98. The molecule has 0 aliphatic rings.